The van der Waals surface area contributed by atoms with Crippen LogP contribution in [0.4, 0.5) is 26.3 Å². The van der Waals surface area contributed by atoms with Crippen molar-refractivity contribution in [2.24, 2.45) is 5.92 Å². The molecule has 1 heterocycles. The van der Waals surface area contributed by atoms with Crippen molar-refractivity contribution in [2.45, 2.75) is 24.8 Å². The third-order valence-corrected chi connectivity index (χ3v) is 2.55. The highest BCUT2D eigenvalue weighted by Gasteiger charge is 2.55. The molecule has 0 aromatic carbocycles. The average molecular weight is 279 g/mol. The summed E-state index contributed by atoms with van der Waals surface area (Å²) in [6.45, 7) is -1.29. The maximum absolute atomic E-state index is 12.3. The van der Waals surface area contributed by atoms with Gasteiger partial charge in [0.25, 0.3) is 0 Å². The Kier molecular flexibility index (Phi) is 3.50. The first-order valence-electron chi connectivity index (χ1n) is 4.62. The first kappa shape index (κ1) is 14.6. The maximum Gasteiger partial charge on any atom is 0.471 e. The molecule has 1 saturated heterocycles. The largest absolute Gasteiger partial charge is 0.480 e. The Labute approximate surface area is 96.2 Å². The van der Waals surface area contributed by atoms with Crippen molar-refractivity contribution < 1.29 is 41.0 Å². The van der Waals surface area contributed by atoms with Crippen LogP contribution >= 0.6 is 0 Å². The Balaban J connectivity index is 2.96. The van der Waals surface area contributed by atoms with Crippen LogP contribution in [0, 0.1) is 5.92 Å². The van der Waals surface area contributed by atoms with Gasteiger partial charge in [-0.25, -0.2) is 4.79 Å². The molecular formula is C8H7F6NO3. The zero-order valence-electron chi connectivity index (χ0n) is 8.55. The van der Waals surface area contributed by atoms with E-state index in [1.165, 1.54) is 0 Å². The minimum absolute atomic E-state index is 0.291. The number of alkyl halides is 6. The number of amides is 1. The van der Waals surface area contributed by atoms with Gasteiger partial charge >= 0.3 is 24.2 Å². The Bertz CT molecular complexity index is 363. The molecule has 104 valence electrons. The molecule has 1 rings (SSSR count). The second-order valence-electron chi connectivity index (χ2n) is 3.78. The number of hydrogen-bond acceptors (Lipinski definition) is 2. The highest BCUT2D eigenvalue weighted by Crippen LogP contribution is 2.38. The summed E-state index contributed by atoms with van der Waals surface area (Å²) in [7, 11) is 0. The molecule has 2 unspecified atom stereocenters. The van der Waals surface area contributed by atoms with Crippen molar-refractivity contribution in [1.29, 1.82) is 0 Å². The number of likely N-dealkylation sites (tertiary alicyclic amines) is 1. The molecule has 0 bridgehead atoms. The van der Waals surface area contributed by atoms with Crippen LogP contribution in [0.25, 0.3) is 0 Å². The lowest BCUT2D eigenvalue weighted by Crippen LogP contribution is -2.47. The molecular weight excluding hydrogens is 272 g/mol. The number of aliphatic carboxylic acids is 1. The lowest BCUT2D eigenvalue weighted by molar-refractivity contribution is -0.190. The summed E-state index contributed by atoms with van der Waals surface area (Å²) in [6, 6.07) is -2.11. The Morgan fingerprint density at radius 3 is 1.94 bits per heavy atom. The van der Waals surface area contributed by atoms with Gasteiger partial charge in [-0.2, -0.15) is 26.3 Å². The number of carboxylic acid groups (broad SMARTS) is 1. The Hall–Kier alpha value is -1.48. The zero-order valence-corrected chi connectivity index (χ0v) is 8.55. The van der Waals surface area contributed by atoms with E-state index in [0.29, 0.717) is 0 Å². The van der Waals surface area contributed by atoms with Crippen LogP contribution in [0.1, 0.15) is 6.42 Å². The van der Waals surface area contributed by atoms with E-state index in [4.69, 9.17) is 5.11 Å². The van der Waals surface area contributed by atoms with E-state index in [-0.39, 0.29) is 4.90 Å². The van der Waals surface area contributed by atoms with Gasteiger partial charge in [-0.1, -0.05) is 0 Å². The summed E-state index contributed by atoms with van der Waals surface area (Å²) >= 11 is 0. The molecule has 0 aromatic rings. The molecule has 18 heavy (non-hydrogen) atoms. The van der Waals surface area contributed by atoms with Crippen LogP contribution in [0.5, 0.6) is 0 Å². The number of carboxylic acids is 1. The number of halogens is 6. The van der Waals surface area contributed by atoms with E-state index >= 15 is 0 Å². The SMILES string of the molecule is O=C(O)C1CC(C(F)(F)F)CN1C(=O)C(F)(F)F. The van der Waals surface area contributed by atoms with E-state index < -0.39 is 49.2 Å². The smallest absolute Gasteiger partial charge is 0.471 e. The third kappa shape index (κ3) is 2.85. The van der Waals surface area contributed by atoms with Crippen LogP contribution in [0.3, 0.4) is 0 Å². The van der Waals surface area contributed by atoms with Crippen LogP contribution in [0.15, 0.2) is 0 Å². The first-order valence-corrected chi connectivity index (χ1v) is 4.62. The second kappa shape index (κ2) is 4.32. The van der Waals surface area contributed by atoms with Gasteiger partial charge < -0.3 is 10.0 Å². The van der Waals surface area contributed by atoms with Crippen LogP contribution in [-0.2, 0) is 9.59 Å². The summed E-state index contributed by atoms with van der Waals surface area (Å²) in [4.78, 5) is 21.1. The molecule has 0 radical (unpaired) electrons. The van der Waals surface area contributed by atoms with Crippen LogP contribution in [0.2, 0.25) is 0 Å². The summed E-state index contributed by atoms with van der Waals surface area (Å²) in [5, 5.41) is 8.55. The molecule has 1 fully saturated rings. The Morgan fingerprint density at radius 2 is 1.61 bits per heavy atom. The molecule has 1 amide bonds. The molecule has 4 nitrogen and oxygen atoms in total. The van der Waals surface area contributed by atoms with Crippen molar-refractivity contribution in [1.82, 2.24) is 4.90 Å². The van der Waals surface area contributed by atoms with Gasteiger partial charge in [0.15, 0.2) is 0 Å². The van der Waals surface area contributed by atoms with Gasteiger partial charge in [0.05, 0.1) is 5.92 Å². The number of hydrogen-bond donors (Lipinski definition) is 1. The van der Waals surface area contributed by atoms with E-state index in [2.05, 4.69) is 0 Å². The summed E-state index contributed by atoms with van der Waals surface area (Å²) in [6.07, 6.45) is -11.3. The molecule has 0 saturated carbocycles. The molecule has 1 N–H and O–H groups in total. The number of carbonyl (C=O) groups is 2. The number of nitrogens with zero attached hydrogens (tertiary/aromatic N) is 1. The fourth-order valence-electron chi connectivity index (χ4n) is 1.69. The molecule has 2 atom stereocenters. The normalized spacial score (nSPS) is 25.3. The lowest BCUT2D eigenvalue weighted by atomic mass is 10.1. The van der Waals surface area contributed by atoms with Crippen molar-refractivity contribution in [3.05, 3.63) is 0 Å². The van der Waals surface area contributed by atoms with E-state index in [1.54, 1.807) is 0 Å². The minimum atomic E-state index is -5.39. The molecule has 0 aliphatic carbocycles. The third-order valence-electron chi connectivity index (χ3n) is 2.55. The Morgan fingerprint density at radius 1 is 1.11 bits per heavy atom. The quantitative estimate of drug-likeness (QED) is 0.738. The highest BCUT2D eigenvalue weighted by atomic mass is 19.4. The number of rotatable bonds is 1. The van der Waals surface area contributed by atoms with Gasteiger partial charge in [-0.15, -0.1) is 0 Å². The average Bonchev–Trinajstić information content (AvgIpc) is 2.58. The lowest BCUT2D eigenvalue weighted by Gasteiger charge is -2.22. The monoisotopic (exact) mass is 279 g/mol. The fourth-order valence-corrected chi connectivity index (χ4v) is 1.69. The molecule has 1 aliphatic rings. The van der Waals surface area contributed by atoms with Crippen molar-refractivity contribution in [2.75, 3.05) is 6.54 Å². The molecule has 1 aliphatic heterocycles. The summed E-state index contributed by atoms with van der Waals surface area (Å²) < 4.78 is 73.2. The summed E-state index contributed by atoms with van der Waals surface area (Å²) in [5.41, 5.74) is 0. The van der Waals surface area contributed by atoms with Gasteiger partial charge in [0.2, 0.25) is 0 Å². The number of carbonyl (C=O) groups excluding carboxylic acids is 1. The topological polar surface area (TPSA) is 57.6 Å². The van der Waals surface area contributed by atoms with Gasteiger partial charge in [0.1, 0.15) is 6.04 Å². The van der Waals surface area contributed by atoms with Crippen LogP contribution in [-0.4, -0.2) is 46.8 Å². The minimum Gasteiger partial charge on any atom is -0.480 e. The standard InChI is InChI=1S/C8H7F6NO3/c9-7(10,11)3-1-4(5(16)17)15(2-3)6(18)8(12,13)14/h3-4H,1-2H2,(H,16,17). The summed E-state index contributed by atoms with van der Waals surface area (Å²) in [5.74, 6) is -6.72. The van der Waals surface area contributed by atoms with E-state index in [0.717, 1.165) is 0 Å². The van der Waals surface area contributed by atoms with Crippen LogP contribution < -0.4 is 0 Å². The van der Waals surface area contributed by atoms with Crippen molar-refractivity contribution in [3.8, 4) is 0 Å². The maximum atomic E-state index is 12.3. The molecule has 0 aromatic heterocycles. The second-order valence-corrected chi connectivity index (χ2v) is 3.78. The predicted octanol–water partition coefficient (Wildman–Crippen LogP) is 1.41. The molecule has 0 spiro atoms. The van der Waals surface area contributed by atoms with Gasteiger partial charge in [0, 0.05) is 6.54 Å². The molecule has 10 heteroatoms. The fraction of sp³-hybridized carbons (Fsp3) is 0.750. The van der Waals surface area contributed by atoms with Gasteiger partial charge in [-0.3, -0.25) is 4.79 Å². The highest BCUT2D eigenvalue weighted by molar-refractivity contribution is 5.87. The van der Waals surface area contributed by atoms with E-state index in [1.807, 2.05) is 0 Å². The van der Waals surface area contributed by atoms with Crippen molar-refractivity contribution in [3.63, 3.8) is 0 Å². The van der Waals surface area contributed by atoms with Crippen molar-refractivity contribution >= 4 is 11.9 Å². The first-order chi connectivity index (χ1) is 7.94. The predicted molar refractivity (Wildman–Crippen MR) is 43.4 cm³/mol. The van der Waals surface area contributed by atoms with E-state index in [9.17, 15) is 35.9 Å². The zero-order chi connectivity index (χ0) is 14.3. The van der Waals surface area contributed by atoms with Gasteiger partial charge in [-0.05, 0) is 6.42 Å².